The van der Waals surface area contributed by atoms with E-state index in [4.69, 9.17) is 0 Å². The molecule has 4 nitrogen and oxygen atoms in total. The average Bonchev–Trinajstić information content (AvgIpc) is 2.04. The minimum atomic E-state index is -0.667. The third kappa shape index (κ3) is 2.62. The second-order valence-electron chi connectivity index (χ2n) is 2.38. The van der Waals surface area contributed by atoms with Gasteiger partial charge in [0.2, 0.25) is 11.9 Å². The molecule has 0 saturated carbocycles. The third-order valence-corrected chi connectivity index (χ3v) is 1.28. The molecule has 0 aliphatic heterocycles. The fraction of sp³-hybridized carbons (Fsp3) is 0.125. The van der Waals surface area contributed by atoms with Gasteiger partial charge in [-0.05, 0) is 12.1 Å². The molecule has 1 heterocycles. The Bertz CT molecular complexity index is 335. The Balaban J connectivity index is 2.78. The molecular formula is C8H7FN2O2. The van der Waals surface area contributed by atoms with Crippen molar-refractivity contribution in [1.82, 2.24) is 10.3 Å². The Hall–Kier alpha value is -1.78. The number of nitrogens with zero attached hydrogens (tertiary/aromatic N) is 1. The number of aromatic nitrogens is 1. The van der Waals surface area contributed by atoms with E-state index in [2.05, 4.69) is 4.98 Å². The first-order chi connectivity index (χ1) is 6.09. The molecule has 1 aromatic rings. The van der Waals surface area contributed by atoms with Gasteiger partial charge in [-0.15, -0.1) is 0 Å². The summed E-state index contributed by atoms with van der Waals surface area (Å²) in [5.41, 5.74) is 0.150. The second-order valence-corrected chi connectivity index (χ2v) is 2.38. The fourth-order valence-corrected chi connectivity index (χ4v) is 0.742. The molecule has 0 bridgehead atoms. The highest BCUT2D eigenvalue weighted by molar-refractivity contribution is 6.03. The topological polar surface area (TPSA) is 59.1 Å². The van der Waals surface area contributed by atoms with Crippen LogP contribution in [0, 0.1) is 5.95 Å². The average molecular weight is 182 g/mol. The minimum absolute atomic E-state index is 0.150. The lowest BCUT2D eigenvalue weighted by atomic mass is 10.3. The SMILES string of the molecule is CC(=O)NC(=O)c1ccc(F)nc1. The fourth-order valence-electron chi connectivity index (χ4n) is 0.742. The highest BCUT2D eigenvalue weighted by Crippen LogP contribution is 1.98. The third-order valence-electron chi connectivity index (χ3n) is 1.28. The van der Waals surface area contributed by atoms with E-state index in [0.29, 0.717) is 0 Å². The van der Waals surface area contributed by atoms with Crippen LogP contribution in [-0.4, -0.2) is 16.8 Å². The van der Waals surface area contributed by atoms with Gasteiger partial charge in [-0.2, -0.15) is 4.39 Å². The van der Waals surface area contributed by atoms with Crippen LogP contribution < -0.4 is 5.32 Å². The monoisotopic (exact) mass is 182 g/mol. The Labute approximate surface area is 73.8 Å². The van der Waals surface area contributed by atoms with Gasteiger partial charge >= 0.3 is 0 Å². The van der Waals surface area contributed by atoms with Gasteiger partial charge in [0.1, 0.15) is 0 Å². The number of carbonyl (C=O) groups excluding carboxylic acids is 2. The largest absolute Gasteiger partial charge is 0.293 e. The molecule has 0 aliphatic rings. The summed E-state index contributed by atoms with van der Waals surface area (Å²) < 4.78 is 12.3. The van der Waals surface area contributed by atoms with Crippen molar-refractivity contribution in [2.75, 3.05) is 0 Å². The summed E-state index contributed by atoms with van der Waals surface area (Å²) in [5, 5.41) is 2.04. The number of hydrogen-bond acceptors (Lipinski definition) is 3. The van der Waals surface area contributed by atoms with Crippen molar-refractivity contribution in [2.24, 2.45) is 0 Å². The van der Waals surface area contributed by atoms with Gasteiger partial charge in [-0.25, -0.2) is 4.98 Å². The maximum atomic E-state index is 12.3. The molecule has 1 N–H and O–H groups in total. The zero-order chi connectivity index (χ0) is 9.84. The molecule has 5 heteroatoms. The maximum absolute atomic E-state index is 12.3. The Kier molecular flexibility index (Phi) is 2.69. The molecular weight excluding hydrogens is 175 g/mol. The number of nitrogens with one attached hydrogen (secondary N) is 1. The van der Waals surface area contributed by atoms with Gasteiger partial charge in [0, 0.05) is 13.1 Å². The highest BCUT2D eigenvalue weighted by atomic mass is 19.1. The molecule has 1 aromatic heterocycles. The van der Waals surface area contributed by atoms with E-state index in [1.54, 1.807) is 0 Å². The number of imide groups is 1. The lowest BCUT2D eigenvalue weighted by Gasteiger charge is -1.99. The quantitative estimate of drug-likeness (QED) is 0.643. The van der Waals surface area contributed by atoms with Crippen molar-refractivity contribution < 1.29 is 14.0 Å². The van der Waals surface area contributed by atoms with Crippen molar-refractivity contribution >= 4 is 11.8 Å². The Morgan fingerprint density at radius 3 is 2.62 bits per heavy atom. The molecule has 1 rings (SSSR count). The molecule has 0 radical (unpaired) electrons. The van der Waals surface area contributed by atoms with E-state index in [1.807, 2.05) is 5.32 Å². The first-order valence-electron chi connectivity index (χ1n) is 3.53. The molecule has 2 amide bonds. The van der Waals surface area contributed by atoms with Crippen LogP contribution in [-0.2, 0) is 4.79 Å². The maximum Gasteiger partial charge on any atom is 0.259 e. The zero-order valence-electron chi connectivity index (χ0n) is 6.87. The Morgan fingerprint density at radius 1 is 1.46 bits per heavy atom. The molecule has 0 spiro atoms. The molecule has 13 heavy (non-hydrogen) atoms. The highest BCUT2D eigenvalue weighted by Gasteiger charge is 2.06. The second kappa shape index (κ2) is 3.75. The van der Waals surface area contributed by atoms with Crippen LogP contribution in [0.4, 0.5) is 4.39 Å². The number of amides is 2. The standard InChI is InChI=1S/C8H7FN2O2/c1-5(12)11-8(13)6-2-3-7(9)10-4-6/h2-4H,1H3,(H,11,12,13). The predicted molar refractivity (Wildman–Crippen MR) is 42.3 cm³/mol. The van der Waals surface area contributed by atoms with Crippen LogP contribution >= 0.6 is 0 Å². The van der Waals surface area contributed by atoms with E-state index in [1.165, 1.54) is 13.0 Å². The lowest BCUT2D eigenvalue weighted by Crippen LogP contribution is -2.27. The number of pyridine rings is 1. The molecule has 0 saturated heterocycles. The van der Waals surface area contributed by atoms with Crippen molar-refractivity contribution in [3.05, 3.63) is 29.8 Å². The molecule has 0 fully saturated rings. The van der Waals surface area contributed by atoms with Crippen LogP contribution in [0.25, 0.3) is 0 Å². The summed E-state index contributed by atoms with van der Waals surface area (Å²) in [5.74, 6) is -1.71. The van der Waals surface area contributed by atoms with Crippen LogP contribution in [0.2, 0.25) is 0 Å². The molecule has 0 atom stereocenters. The summed E-state index contributed by atoms with van der Waals surface area (Å²) >= 11 is 0. The molecule has 0 aliphatic carbocycles. The number of rotatable bonds is 1. The van der Waals surface area contributed by atoms with Crippen molar-refractivity contribution in [3.8, 4) is 0 Å². The summed E-state index contributed by atoms with van der Waals surface area (Å²) in [4.78, 5) is 24.8. The summed E-state index contributed by atoms with van der Waals surface area (Å²) in [6, 6.07) is 2.30. The van der Waals surface area contributed by atoms with Crippen LogP contribution in [0.3, 0.4) is 0 Å². The van der Waals surface area contributed by atoms with Gasteiger partial charge in [0.25, 0.3) is 5.91 Å². The van der Waals surface area contributed by atoms with Crippen LogP contribution in [0.1, 0.15) is 17.3 Å². The number of carbonyl (C=O) groups is 2. The van der Waals surface area contributed by atoms with Crippen molar-refractivity contribution in [3.63, 3.8) is 0 Å². The summed E-state index contributed by atoms with van der Waals surface area (Å²) in [6.45, 7) is 1.22. The zero-order valence-corrected chi connectivity index (χ0v) is 6.87. The van der Waals surface area contributed by atoms with Gasteiger partial charge < -0.3 is 0 Å². The minimum Gasteiger partial charge on any atom is -0.293 e. The van der Waals surface area contributed by atoms with E-state index in [9.17, 15) is 14.0 Å². The first-order valence-corrected chi connectivity index (χ1v) is 3.53. The normalized spacial score (nSPS) is 9.38. The predicted octanol–water partition coefficient (Wildman–Crippen LogP) is 0.497. The molecule has 0 unspecified atom stereocenters. The number of hydrogen-bond donors (Lipinski definition) is 1. The number of halogens is 1. The molecule has 0 aromatic carbocycles. The summed E-state index contributed by atoms with van der Waals surface area (Å²) in [6.07, 6.45) is 1.06. The van der Waals surface area contributed by atoms with E-state index < -0.39 is 17.8 Å². The van der Waals surface area contributed by atoms with Crippen LogP contribution in [0.5, 0.6) is 0 Å². The smallest absolute Gasteiger partial charge is 0.259 e. The van der Waals surface area contributed by atoms with Gasteiger partial charge in [-0.3, -0.25) is 14.9 Å². The summed E-state index contributed by atoms with van der Waals surface area (Å²) in [7, 11) is 0. The first kappa shape index (κ1) is 9.31. The lowest BCUT2D eigenvalue weighted by molar-refractivity contribution is -0.118. The van der Waals surface area contributed by atoms with Crippen molar-refractivity contribution in [2.45, 2.75) is 6.92 Å². The van der Waals surface area contributed by atoms with Gasteiger partial charge in [-0.1, -0.05) is 0 Å². The van der Waals surface area contributed by atoms with Crippen LogP contribution in [0.15, 0.2) is 18.3 Å². The molecule has 68 valence electrons. The Morgan fingerprint density at radius 2 is 2.15 bits per heavy atom. The van der Waals surface area contributed by atoms with E-state index in [-0.39, 0.29) is 5.56 Å². The van der Waals surface area contributed by atoms with E-state index >= 15 is 0 Å². The van der Waals surface area contributed by atoms with Gasteiger partial charge in [0.05, 0.1) is 5.56 Å². The van der Waals surface area contributed by atoms with Crippen molar-refractivity contribution in [1.29, 1.82) is 0 Å². The van der Waals surface area contributed by atoms with E-state index in [0.717, 1.165) is 12.3 Å². The van der Waals surface area contributed by atoms with Gasteiger partial charge in [0.15, 0.2) is 0 Å².